The molecule has 0 saturated heterocycles. The molecule has 0 aliphatic heterocycles. The summed E-state index contributed by atoms with van der Waals surface area (Å²) in [4.78, 5) is -0.0504. The Balaban J connectivity index is 2.22. The summed E-state index contributed by atoms with van der Waals surface area (Å²) in [5.74, 6) is -1.17. The molecule has 3 nitrogen and oxygen atoms in total. The van der Waals surface area contributed by atoms with Crippen LogP contribution in [0.1, 0.15) is 18.9 Å². The molecule has 7 heteroatoms. The largest absolute Gasteiger partial charge is 0.327 e. The predicted octanol–water partition coefficient (Wildman–Crippen LogP) is 3.25. The highest BCUT2D eigenvalue weighted by Crippen LogP contribution is 2.33. The number of rotatable bonds is 5. The van der Waals surface area contributed by atoms with Gasteiger partial charge in [0.05, 0.1) is 4.90 Å². The topological polar surface area (TPSA) is 51.8 Å². The third-order valence-electron chi connectivity index (χ3n) is 2.61. The Morgan fingerprint density at radius 1 is 1.37 bits per heavy atom. The molecule has 1 aromatic heterocycles. The van der Waals surface area contributed by atoms with Gasteiger partial charge >= 0.3 is 0 Å². The summed E-state index contributed by atoms with van der Waals surface area (Å²) < 4.78 is 28.3. The van der Waals surface area contributed by atoms with E-state index in [-0.39, 0.29) is 10.9 Å². The Morgan fingerprint density at radius 2 is 2.05 bits per heavy atom. The van der Waals surface area contributed by atoms with Crippen molar-refractivity contribution in [2.45, 2.75) is 35.0 Å². The van der Waals surface area contributed by atoms with Crippen LogP contribution in [0, 0.1) is 11.6 Å². The predicted molar refractivity (Wildman–Crippen MR) is 72.4 cm³/mol. The fourth-order valence-electron chi connectivity index (χ4n) is 1.57. The molecule has 0 fully saturated rings. The lowest BCUT2D eigenvalue weighted by atomic mass is 10.0. The first-order chi connectivity index (χ1) is 9.10. The molecule has 19 heavy (non-hydrogen) atoms. The van der Waals surface area contributed by atoms with E-state index in [1.807, 2.05) is 6.92 Å². The molecule has 0 bridgehead atoms. The minimum atomic E-state index is -0.585. The number of nitrogens with two attached hydrogens (primary N) is 1. The molecule has 0 aliphatic rings. The second kappa shape index (κ2) is 6.40. The van der Waals surface area contributed by atoms with E-state index >= 15 is 0 Å². The van der Waals surface area contributed by atoms with E-state index < -0.39 is 11.6 Å². The van der Waals surface area contributed by atoms with Crippen LogP contribution in [0.5, 0.6) is 0 Å². The molecule has 1 unspecified atom stereocenters. The van der Waals surface area contributed by atoms with E-state index in [4.69, 9.17) is 5.73 Å². The molecule has 0 radical (unpaired) electrons. The summed E-state index contributed by atoms with van der Waals surface area (Å²) in [6.07, 6.45) is 1.23. The Hall–Kier alpha value is -1.05. The highest BCUT2D eigenvalue weighted by Gasteiger charge is 2.15. The van der Waals surface area contributed by atoms with E-state index in [1.165, 1.54) is 29.0 Å². The summed E-state index contributed by atoms with van der Waals surface area (Å²) in [7, 11) is 0. The fourth-order valence-corrected chi connectivity index (χ4v) is 3.00. The van der Waals surface area contributed by atoms with Crippen molar-refractivity contribution >= 4 is 23.1 Å². The van der Waals surface area contributed by atoms with Crippen molar-refractivity contribution in [3.05, 3.63) is 34.8 Å². The Labute approximate surface area is 118 Å². The molecule has 0 saturated carbocycles. The van der Waals surface area contributed by atoms with Gasteiger partial charge in [-0.1, -0.05) is 30.0 Å². The molecule has 2 rings (SSSR count). The van der Waals surface area contributed by atoms with Crippen LogP contribution >= 0.6 is 23.1 Å². The highest BCUT2D eigenvalue weighted by atomic mass is 32.2. The Morgan fingerprint density at radius 3 is 2.58 bits per heavy atom. The smallest absolute Gasteiger partial charge is 0.179 e. The first-order valence-corrected chi connectivity index (χ1v) is 7.47. The van der Waals surface area contributed by atoms with Gasteiger partial charge in [0.2, 0.25) is 0 Å². The summed E-state index contributed by atoms with van der Waals surface area (Å²) in [5, 5.41) is 7.39. The van der Waals surface area contributed by atoms with Crippen molar-refractivity contribution in [1.82, 2.24) is 10.2 Å². The average molecular weight is 301 g/mol. The van der Waals surface area contributed by atoms with Crippen LogP contribution in [-0.2, 0) is 6.42 Å². The van der Waals surface area contributed by atoms with E-state index in [1.54, 1.807) is 0 Å². The van der Waals surface area contributed by atoms with Gasteiger partial charge < -0.3 is 5.73 Å². The van der Waals surface area contributed by atoms with Crippen molar-refractivity contribution in [1.29, 1.82) is 0 Å². The standard InChI is InChI=1S/C12H13F2N3S2/c1-2-8(15)3-7-4-9(13)11(10(14)5-7)19-12-17-16-6-18-12/h4-6,8H,2-3,15H2,1H3. The zero-order valence-electron chi connectivity index (χ0n) is 10.3. The second-order valence-electron chi connectivity index (χ2n) is 4.07. The zero-order valence-corrected chi connectivity index (χ0v) is 11.9. The lowest BCUT2D eigenvalue weighted by Crippen LogP contribution is -2.21. The van der Waals surface area contributed by atoms with Crippen LogP contribution in [-0.4, -0.2) is 16.2 Å². The van der Waals surface area contributed by atoms with Crippen LogP contribution in [0.2, 0.25) is 0 Å². The molecule has 0 aliphatic carbocycles. The molecular weight excluding hydrogens is 288 g/mol. The van der Waals surface area contributed by atoms with Gasteiger partial charge in [0, 0.05) is 6.04 Å². The molecule has 2 aromatic rings. The van der Waals surface area contributed by atoms with Crippen LogP contribution in [0.15, 0.2) is 26.9 Å². The van der Waals surface area contributed by atoms with Crippen molar-refractivity contribution in [2.75, 3.05) is 0 Å². The monoisotopic (exact) mass is 301 g/mol. The van der Waals surface area contributed by atoms with Gasteiger partial charge in [-0.3, -0.25) is 0 Å². The van der Waals surface area contributed by atoms with Gasteiger partial charge in [-0.05, 0) is 30.5 Å². The first kappa shape index (κ1) is 14.4. The average Bonchev–Trinajstić information content (AvgIpc) is 2.86. The summed E-state index contributed by atoms with van der Waals surface area (Å²) in [6.45, 7) is 1.94. The van der Waals surface area contributed by atoms with Gasteiger partial charge in [0.15, 0.2) is 4.34 Å². The molecule has 1 aromatic carbocycles. The quantitative estimate of drug-likeness (QED) is 0.921. The Kier molecular flexibility index (Phi) is 4.84. The molecular formula is C12H13F2N3S2. The van der Waals surface area contributed by atoms with Gasteiger partial charge in [0.1, 0.15) is 17.1 Å². The number of halogens is 2. The summed E-state index contributed by atoms with van der Waals surface area (Å²) in [6, 6.07) is 2.59. The lowest BCUT2D eigenvalue weighted by molar-refractivity contribution is 0.533. The number of aromatic nitrogens is 2. The normalized spacial score (nSPS) is 12.6. The van der Waals surface area contributed by atoms with Gasteiger partial charge in [0.25, 0.3) is 0 Å². The first-order valence-electron chi connectivity index (χ1n) is 5.77. The SMILES string of the molecule is CCC(N)Cc1cc(F)c(Sc2nncs2)c(F)c1. The number of benzene rings is 1. The van der Waals surface area contributed by atoms with E-state index in [0.29, 0.717) is 16.3 Å². The molecule has 2 N–H and O–H groups in total. The highest BCUT2D eigenvalue weighted by molar-refractivity contribution is 8.01. The maximum absolute atomic E-state index is 13.9. The van der Waals surface area contributed by atoms with Crippen LogP contribution < -0.4 is 5.73 Å². The summed E-state index contributed by atoms with van der Waals surface area (Å²) >= 11 is 2.19. The van der Waals surface area contributed by atoms with Gasteiger partial charge in [-0.2, -0.15) is 0 Å². The number of hydrogen-bond acceptors (Lipinski definition) is 5. The molecule has 0 spiro atoms. The lowest BCUT2D eigenvalue weighted by Gasteiger charge is -2.10. The minimum Gasteiger partial charge on any atom is -0.327 e. The minimum absolute atomic E-state index is 0.0504. The molecule has 1 heterocycles. The summed E-state index contributed by atoms with van der Waals surface area (Å²) in [5.41, 5.74) is 7.88. The van der Waals surface area contributed by atoms with E-state index in [2.05, 4.69) is 10.2 Å². The van der Waals surface area contributed by atoms with E-state index in [9.17, 15) is 8.78 Å². The second-order valence-corrected chi connectivity index (χ2v) is 6.16. The fraction of sp³-hybridized carbons (Fsp3) is 0.333. The van der Waals surface area contributed by atoms with Crippen molar-refractivity contribution in [3.8, 4) is 0 Å². The zero-order chi connectivity index (χ0) is 13.8. The van der Waals surface area contributed by atoms with Crippen LogP contribution in [0.3, 0.4) is 0 Å². The van der Waals surface area contributed by atoms with Crippen LogP contribution in [0.25, 0.3) is 0 Å². The maximum atomic E-state index is 13.9. The van der Waals surface area contributed by atoms with E-state index in [0.717, 1.165) is 18.2 Å². The van der Waals surface area contributed by atoms with Crippen molar-refractivity contribution in [2.24, 2.45) is 5.73 Å². The maximum Gasteiger partial charge on any atom is 0.179 e. The van der Waals surface area contributed by atoms with Crippen LogP contribution in [0.4, 0.5) is 8.78 Å². The molecule has 1 atom stereocenters. The van der Waals surface area contributed by atoms with Gasteiger partial charge in [-0.15, -0.1) is 10.2 Å². The third kappa shape index (κ3) is 3.71. The van der Waals surface area contributed by atoms with Gasteiger partial charge in [-0.25, -0.2) is 8.78 Å². The van der Waals surface area contributed by atoms with Crippen molar-refractivity contribution in [3.63, 3.8) is 0 Å². The molecule has 0 amide bonds. The molecule has 102 valence electrons. The number of nitrogens with zero attached hydrogens (tertiary/aromatic N) is 2. The third-order valence-corrected chi connectivity index (χ3v) is 4.48. The number of hydrogen-bond donors (Lipinski definition) is 1. The van der Waals surface area contributed by atoms with Crippen molar-refractivity contribution < 1.29 is 8.78 Å². The Bertz CT molecular complexity index is 523.